The minimum atomic E-state index is -5.09. The summed E-state index contributed by atoms with van der Waals surface area (Å²) in [6, 6.07) is 15.0. The van der Waals surface area contributed by atoms with E-state index in [0.29, 0.717) is 43.5 Å². The van der Waals surface area contributed by atoms with Gasteiger partial charge in [0.15, 0.2) is 5.72 Å². The lowest BCUT2D eigenvalue weighted by Crippen LogP contribution is -2.54. The number of nitrogens with zero attached hydrogens (tertiary/aromatic N) is 2. The van der Waals surface area contributed by atoms with E-state index in [4.69, 9.17) is 14.3 Å². The first-order chi connectivity index (χ1) is 26.5. The summed E-state index contributed by atoms with van der Waals surface area (Å²) in [6.07, 6.45) is -7.41. The standard InChI is InChI=1S/C40H42F6N4O6/c1-25(2)17-34(50-16-14-38(56-50)13-8-15-49(38)37(53)55-23-26-9-4-3-5-10-26)35(51)48-33(20-28-22-47-32-12-7-6-11-31(28)32)36(52)54-24-27-18-29(39(41,42)43)21-30(19-27)40(44,45)46/h3-7,9-12,18-19,21-22,25,33-34,47H,8,13-17,20,23-24H2,1-2H3,(H,48,51)/t33-,34-,38-/m0/s1. The van der Waals surface area contributed by atoms with Gasteiger partial charge in [-0.05, 0) is 66.1 Å². The van der Waals surface area contributed by atoms with Crippen molar-refractivity contribution in [3.8, 4) is 0 Å². The molecule has 0 aliphatic carbocycles. The third-order valence-electron chi connectivity index (χ3n) is 9.95. The van der Waals surface area contributed by atoms with E-state index in [9.17, 15) is 40.7 Å². The quantitative estimate of drug-likeness (QED) is 0.110. The van der Waals surface area contributed by atoms with Crippen LogP contribution in [0.15, 0.2) is 79.0 Å². The number of aromatic nitrogens is 1. The van der Waals surface area contributed by atoms with E-state index in [1.54, 1.807) is 30.5 Å². The molecule has 1 spiro atoms. The Labute approximate surface area is 319 Å². The molecule has 2 amide bonds. The molecule has 300 valence electrons. The van der Waals surface area contributed by atoms with Crippen molar-refractivity contribution in [1.82, 2.24) is 20.3 Å². The molecular weight excluding hydrogens is 746 g/mol. The van der Waals surface area contributed by atoms with Crippen molar-refractivity contribution in [3.05, 3.63) is 107 Å². The Hall–Kier alpha value is -5.09. The van der Waals surface area contributed by atoms with Gasteiger partial charge in [-0.25, -0.2) is 9.59 Å². The van der Waals surface area contributed by atoms with Gasteiger partial charge in [0.2, 0.25) is 5.91 Å². The third-order valence-corrected chi connectivity index (χ3v) is 9.95. The van der Waals surface area contributed by atoms with Crippen LogP contribution in [0.2, 0.25) is 0 Å². The number of halogens is 6. The summed E-state index contributed by atoms with van der Waals surface area (Å²) >= 11 is 0. The molecule has 0 saturated carbocycles. The molecule has 2 N–H and O–H groups in total. The van der Waals surface area contributed by atoms with Crippen LogP contribution in [-0.4, -0.2) is 63.8 Å². The van der Waals surface area contributed by atoms with Gasteiger partial charge in [0.05, 0.1) is 11.1 Å². The second-order valence-corrected chi connectivity index (χ2v) is 14.5. The van der Waals surface area contributed by atoms with Crippen LogP contribution in [0.25, 0.3) is 10.9 Å². The van der Waals surface area contributed by atoms with Crippen LogP contribution in [0.5, 0.6) is 0 Å². The Morgan fingerprint density at radius 3 is 2.20 bits per heavy atom. The van der Waals surface area contributed by atoms with E-state index < -0.39 is 71.4 Å². The van der Waals surface area contributed by atoms with Gasteiger partial charge >= 0.3 is 24.4 Å². The van der Waals surface area contributed by atoms with Crippen molar-refractivity contribution in [2.24, 2.45) is 5.92 Å². The van der Waals surface area contributed by atoms with Crippen molar-refractivity contribution in [2.75, 3.05) is 13.1 Å². The zero-order chi connectivity index (χ0) is 40.3. The average molecular weight is 789 g/mol. The minimum absolute atomic E-state index is 0.0107. The Balaban J connectivity index is 1.21. The molecule has 0 bridgehead atoms. The number of nitrogens with one attached hydrogen (secondary N) is 2. The molecule has 2 saturated heterocycles. The van der Waals surface area contributed by atoms with Crippen LogP contribution < -0.4 is 5.32 Å². The number of likely N-dealkylation sites (tertiary alicyclic amines) is 1. The predicted octanol–water partition coefficient (Wildman–Crippen LogP) is 8.16. The maximum atomic E-state index is 14.2. The smallest absolute Gasteiger partial charge is 0.416 e. The summed E-state index contributed by atoms with van der Waals surface area (Å²) in [7, 11) is 0. The molecule has 16 heteroatoms. The Kier molecular flexibility index (Phi) is 12.0. The normalized spacial score (nSPS) is 18.8. The molecule has 4 aromatic rings. The molecule has 0 unspecified atom stereocenters. The van der Waals surface area contributed by atoms with Crippen molar-refractivity contribution < 1.29 is 55.0 Å². The van der Waals surface area contributed by atoms with Crippen LogP contribution in [0.1, 0.15) is 67.3 Å². The number of benzene rings is 3. The van der Waals surface area contributed by atoms with Crippen molar-refractivity contribution >= 4 is 28.9 Å². The van der Waals surface area contributed by atoms with Crippen LogP contribution in [0, 0.1) is 5.92 Å². The van der Waals surface area contributed by atoms with E-state index in [2.05, 4.69) is 10.3 Å². The fourth-order valence-corrected chi connectivity index (χ4v) is 7.22. The first-order valence-electron chi connectivity index (χ1n) is 18.3. The maximum absolute atomic E-state index is 14.2. The molecule has 2 fully saturated rings. The summed E-state index contributed by atoms with van der Waals surface area (Å²) in [5.74, 6) is -1.73. The number of amides is 2. The van der Waals surface area contributed by atoms with Gasteiger partial charge < -0.3 is 19.8 Å². The molecule has 3 heterocycles. The molecule has 2 aliphatic heterocycles. The first kappa shape index (κ1) is 40.6. The lowest BCUT2D eigenvalue weighted by molar-refractivity contribution is -0.247. The molecule has 56 heavy (non-hydrogen) atoms. The fraction of sp³-hybridized carbons (Fsp3) is 0.425. The van der Waals surface area contributed by atoms with E-state index in [0.717, 1.165) is 16.5 Å². The number of hydroxylamine groups is 2. The van der Waals surface area contributed by atoms with Crippen molar-refractivity contribution in [1.29, 1.82) is 0 Å². The van der Waals surface area contributed by atoms with Gasteiger partial charge in [-0.3, -0.25) is 14.5 Å². The highest BCUT2D eigenvalue weighted by molar-refractivity contribution is 5.89. The zero-order valence-corrected chi connectivity index (χ0v) is 30.7. The number of rotatable bonds is 12. The number of aromatic amines is 1. The highest BCUT2D eigenvalue weighted by atomic mass is 19.4. The van der Waals surface area contributed by atoms with Gasteiger partial charge in [0.1, 0.15) is 25.3 Å². The van der Waals surface area contributed by atoms with Crippen molar-refractivity contribution in [2.45, 2.75) is 89.3 Å². The molecule has 3 atom stereocenters. The summed E-state index contributed by atoms with van der Waals surface area (Å²) < 4.78 is 92.1. The summed E-state index contributed by atoms with van der Waals surface area (Å²) in [4.78, 5) is 52.3. The van der Waals surface area contributed by atoms with E-state index in [1.165, 1.54) is 9.96 Å². The Morgan fingerprint density at radius 2 is 1.52 bits per heavy atom. The zero-order valence-electron chi connectivity index (χ0n) is 30.7. The monoisotopic (exact) mass is 788 g/mol. The molecule has 6 rings (SSSR count). The third kappa shape index (κ3) is 9.46. The van der Waals surface area contributed by atoms with Crippen LogP contribution in [0.3, 0.4) is 0 Å². The molecule has 1 aromatic heterocycles. The van der Waals surface area contributed by atoms with Gasteiger partial charge in [-0.15, -0.1) is 0 Å². The topological polar surface area (TPSA) is 113 Å². The fourth-order valence-electron chi connectivity index (χ4n) is 7.22. The Morgan fingerprint density at radius 1 is 0.857 bits per heavy atom. The van der Waals surface area contributed by atoms with E-state index in [-0.39, 0.29) is 38.0 Å². The molecule has 10 nitrogen and oxygen atoms in total. The summed E-state index contributed by atoms with van der Waals surface area (Å²) in [6.45, 7) is 3.60. The number of hydrogen-bond acceptors (Lipinski definition) is 7. The van der Waals surface area contributed by atoms with Crippen molar-refractivity contribution in [3.63, 3.8) is 0 Å². The van der Waals surface area contributed by atoms with E-state index in [1.807, 2.05) is 44.2 Å². The number of alkyl halides is 6. The second kappa shape index (κ2) is 16.6. The first-order valence-corrected chi connectivity index (χ1v) is 18.3. The van der Waals surface area contributed by atoms with Crippen LogP contribution in [0.4, 0.5) is 31.1 Å². The minimum Gasteiger partial charge on any atom is -0.459 e. The van der Waals surface area contributed by atoms with E-state index >= 15 is 0 Å². The summed E-state index contributed by atoms with van der Waals surface area (Å²) in [5, 5.41) is 4.99. The molecule has 3 aromatic carbocycles. The number of para-hydroxylation sites is 1. The number of carbonyl (C=O) groups excluding carboxylic acids is 3. The average Bonchev–Trinajstić information content (AvgIpc) is 3.90. The van der Waals surface area contributed by atoms with Gasteiger partial charge in [-0.1, -0.05) is 62.4 Å². The number of esters is 1. The number of hydrogen-bond donors (Lipinski definition) is 2. The molecule has 2 aliphatic rings. The Bertz CT molecular complexity index is 1990. The number of ether oxygens (including phenoxy) is 2. The largest absolute Gasteiger partial charge is 0.459 e. The highest BCUT2D eigenvalue weighted by Gasteiger charge is 2.53. The summed E-state index contributed by atoms with van der Waals surface area (Å²) in [5.41, 5.74) is -2.52. The SMILES string of the molecule is CC(C)C[C@@H](C(=O)N[C@@H](Cc1c[nH]c2ccccc12)C(=O)OCc1cc(C(F)(F)F)cc(C(F)(F)F)c1)N1CC[C@]2(CCCN2C(=O)OCc2ccccc2)O1. The van der Waals surface area contributed by atoms with Crippen LogP contribution >= 0.6 is 0 Å². The predicted molar refractivity (Wildman–Crippen MR) is 191 cm³/mol. The molecule has 0 radical (unpaired) electrons. The second-order valence-electron chi connectivity index (χ2n) is 14.5. The van der Waals surface area contributed by atoms with Gasteiger partial charge in [-0.2, -0.15) is 31.4 Å². The lowest BCUT2D eigenvalue weighted by Gasteiger charge is -2.35. The maximum Gasteiger partial charge on any atom is 0.416 e. The number of fused-ring (bicyclic) bond motifs is 1. The van der Waals surface area contributed by atoms with Gasteiger partial charge in [0.25, 0.3) is 0 Å². The lowest BCUT2D eigenvalue weighted by atomic mass is 10.0. The van der Waals surface area contributed by atoms with Gasteiger partial charge in [0, 0.05) is 43.0 Å². The van der Waals surface area contributed by atoms with Crippen LogP contribution in [-0.2, 0) is 55.9 Å². The highest BCUT2D eigenvalue weighted by Crippen LogP contribution is 2.41. The number of H-pyrrole nitrogens is 1. The number of carbonyl (C=O) groups is 3. The molecular formula is C40H42F6N4O6.